The molecule has 15 heteroatoms. The third-order valence-corrected chi connectivity index (χ3v) is 10.5. The highest BCUT2D eigenvalue weighted by Crippen LogP contribution is 2.33. The first-order chi connectivity index (χ1) is 24.7. The van der Waals surface area contributed by atoms with Crippen LogP contribution in [-0.2, 0) is 40.7 Å². The molecule has 0 bridgehead atoms. The molecule has 3 aromatic carbocycles. The average Bonchev–Trinajstić information content (AvgIpc) is 3.39. The molecule has 1 unspecified atom stereocenters. The summed E-state index contributed by atoms with van der Waals surface area (Å²) in [6, 6.07) is 15.7. The van der Waals surface area contributed by atoms with Gasteiger partial charge in [-0.15, -0.1) is 0 Å². The molecule has 6 rings (SSSR count). The molecule has 0 saturated heterocycles. The number of hydrogen-bond donors (Lipinski definition) is 1. The van der Waals surface area contributed by atoms with Crippen molar-refractivity contribution in [3.05, 3.63) is 111 Å². The van der Waals surface area contributed by atoms with Crippen molar-refractivity contribution in [1.82, 2.24) is 14.9 Å². The van der Waals surface area contributed by atoms with E-state index in [1.165, 1.54) is 30.9 Å². The lowest BCUT2D eigenvalue weighted by molar-refractivity contribution is 0.0500. The second-order valence-corrected chi connectivity index (χ2v) is 15.2. The number of benzene rings is 3. The Bertz CT molecular complexity index is 2320. The Morgan fingerprint density at radius 1 is 1.04 bits per heavy atom. The van der Waals surface area contributed by atoms with Crippen molar-refractivity contribution >= 4 is 33.0 Å². The van der Waals surface area contributed by atoms with Gasteiger partial charge in [0, 0.05) is 29.8 Å². The van der Waals surface area contributed by atoms with E-state index >= 15 is 4.39 Å². The van der Waals surface area contributed by atoms with Crippen molar-refractivity contribution in [2.75, 3.05) is 18.5 Å². The van der Waals surface area contributed by atoms with Crippen LogP contribution in [0, 0.1) is 11.8 Å². The van der Waals surface area contributed by atoms with E-state index in [9.17, 15) is 22.4 Å². The maximum absolute atomic E-state index is 16.1. The van der Waals surface area contributed by atoms with Crippen molar-refractivity contribution in [2.24, 2.45) is 0 Å². The Balaban J connectivity index is 1.35. The molecule has 0 fully saturated rings. The van der Waals surface area contributed by atoms with Gasteiger partial charge in [0.05, 0.1) is 32.8 Å². The van der Waals surface area contributed by atoms with Gasteiger partial charge in [-0.3, -0.25) is 4.57 Å². The number of ether oxygens (including phenoxy) is 3. The number of carbonyl (C=O) groups excluding carboxylic acids is 1. The second-order valence-electron chi connectivity index (χ2n) is 13.4. The number of methoxy groups -OCH3 is 2. The summed E-state index contributed by atoms with van der Waals surface area (Å²) in [5, 5.41) is 2.93. The molecule has 1 aliphatic carbocycles. The van der Waals surface area contributed by atoms with E-state index < -0.39 is 50.7 Å². The van der Waals surface area contributed by atoms with E-state index in [-0.39, 0.29) is 35.3 Å². The predicted molar refractivity (Wildman–Crippen MR) is 188 cm³/mol. The van der Waals surface area contributed by atoms with Crippen LogP contribution in [0.2, 0.25) is 0 Å². The third kappa shape index (κ3) is 7.59. The summed E-state index contributed by atoms with van der Waals surface area (Å²) in [6.45, 7) is 4.93. The first kappa shape index (κ1) is 36.4. The van der Waals surface area contributed by atoms with E-state index in [2.05, 4.69) is 10.3 Å². The lowest BCUT2D eigenvalue weighted by Crippen LogP contribution is -2.42. The van der Waals surface area contributed by atoms with Crippen molar-refractivity contribution in [1.29, 1.82) is 0 Å². The standard InChI is InChI=1S/C37H38F2N4O8S/c1-37(2,3)51-35(44)40-25-14-12-22-8-6-9-23(27(22)16-25)20-42-29-18-28(38)32(19-31(29)50-36(42)45)52(46,47)43(34-11-7-10-33(39)41-34)21-24-13-15-26(48-4)17-30(24)49-5/h6-11,13,15,17-19,25H,12,14,16,20-21H2,1-5H3,(H,40,44). The molecule has 1 aliphatic rings. The van der Waals surface area contributed by atoms with E-state index in [0.717, 1.165) is 39.2 Å². The van der Waals surface area contributed by atoms with Gasteiger partial charge in [0.1, 0.15) is 33.6 Å². The molecule has 2 heterocycles. The van der Waals surface area contributed by atoms with Gasteiger partial charge in [-0.2, -0.15) is 4.39 Å². The summed E-state index contributed by atoms with van der Waals surface area (Å²) in [5.41, 5.74) is 2.30. The lowest BCUT2D eigenvalue weighted by Gasteiger charge is -2.29. The minimum atomic E-state index is -4.81. The zero-order valence-corrected chi connectivity index (χ0v) is 30.1. The Labute approximate surface area is 299 Å². The highest BCUT2D eigenvalue weighted by Gasteiger charge is 2.32. The Morgan fingerprint density at radius 2 is 1.81 bits per heavy atom. The molecular formula is C37H38F2N4O8S. The van der Waals surface area contributed by atoms with Crippen LogP contribution in [-0.4, -0.2) is 49.9 Å². The van der Waals surface area contributed by atoms with E-state index in [1.807, 2.05) is 18.2 Å². The molecule has 274 valence electrons. The number of sulfonamides is 1. The smallest absolute Gasteiger partial charge is 0.420 e. The molecular weight excluding hydrogens is 698 g/mol. The maximum atomic E-state index is 16.1. The SMILES string of the molecule is COc1ccc(CN(c2cccc(F)n2)S(=O)(=O)c2cc3oc(=O)n(Cc4cccc5c4CC(NC(=O)OC(C)(C)C)CC5)c3cc2F)c(OC)c1. The molecule has 0 radical (unpaired) electrons. The number of amides is 1. The maximum Gasteiger partial charge on any atom is 0.420 e. The summed E-state index contributed by atoms with van der Waals surface area (Å²) < 4.78 is 82.5. The largest absolute Gasteiger partial charge is 0.497 e. The fourth-order valence-corrected chi connectivity index (χ4v) is 7.73. The number of nitrogens with zero attached hydrogens (tertiary/aromatic N) is 3. The average molecular weight is 737 g/mol. The summed E-state index contributed by atoms with van der Waals surface area (Å²) in [7, 11) is -1.96. The number of carbonyl (C=O) groups is 1. The van der Waals surface area contributed by atoms with Crippen LogP contribution in [0.1, 0.15) is 49.4 Å². The number of aryl methyl sites for hydroxylation is 1. The number of aromatic nitrogens is 2. The van der Waals surface area contributed by atoms with Crippen molar-refractivity contribution in [2.45, 2.75) is 69.7 Å². The third-order valence-electron chi connectivity index (χ3n) is 8.69. The van der Waals surface area contributed by atoms with Crippen LogP contribution in [0.25, 0.3) is 11.1 Å². The fourth-order valence-electron chi connectivity index (χ4n) is 6.27. The van der Waals surface area contributed by atoms with Gasteiger partial charge in [-0.1, -0.05) is 24.3 Å². The van der Waals surface area contributed by atoms with Crippen LogP contribution >= 0.6 is 0 Å². The zero-order valence-electron chi connectivity index (χ0n) is 29.2. The zero-order chi connectivity index (χ0) is 37.4. The molecule has 12 nitrogen and oxygen atoms in total. The number of pyridine rings is 1. The van der Waals surface area contributed by atoms with Gasteiger partial charge in [0.25, 0.3) is 10.0 Å². The summed E-state index contributed by atoms with van der Waals surface area (Å²) in [6.07, 6.45) is 1.33. The van der Waals surface area contributed by atoms with Crippen LogP contribution in [0.4, 0.5) is 19.4 Å². The van der Waals surface area contributed by atoms with Gasteiger partial charge in [0.15, 0.2) is 5.58 Å². The van der Waals surface area contributed by atoms with Gasteiger partial charge >= 0.3 is 11.8 Å². The van der Waals surface area contributed by atoms with Crippen LogP contribution < -0.4 is 24.9 Å². The molecule has 0 aliphatic heterocycles. The molecule has 1 atom stereocenters. The molecule has 1 N–H and O–H groups in total. The number of alkyl carbamates (subject to hydrolysis) is 1. The van der Waals surface area contributed by atoms with E-state index in [1.54, 1.807) is 39.0 Å². The topological polar surface area (TPSA) is 142 Å². The van der Waals surface area contributed by atoms with Gasteiger partial charge in [0.2, 0.25) is 5.95 Å². The molecule has 0 spiro atoms. The Hall–Kier alpha value is -5.44. The number of oxazole rings is 1. The molecule has 2 aromatic heterocycles. The van der Waals surface area contributed by atoms with Crippen molar-refractivity contribution < 1.29 is 40.6 Å². The number of hydrogen-bond acceptors (Lipinski definition) is 9. The van der Waals surface area contributed by atoms with E-state index in [0.29, 0.717) is 30.6 Å². The minimum absolute atomic E-state index is 0.00367. The normalized spacial score (nSPS) is 14.5. The van der Waals surface area contributed by atoms with Gasteiger partial charge in [-0.25, -0.2) is 31.7 Å². The number of anilines is 1. The highest BCUT2D eigenvalue weighted by atomic mass is 32.2. The van der Waals surface area contributed by atoms with Gasteiger partial charge < -0.3 is 23.9 Å². The quantitative estimate of drug-likeness (QED) is 0.168. The van der Waals surface area contributed by atoms with Gasteiger partial charge in [-0.05, 0) is 81.0 Å². The van der Waals surface area contributed by atoms with Crippen molar-refractivity contribution in [3.63, 3.8) is 0 Å². The lowest BCUT2D eigenvalue weighted by atomic mass is 9.85. The first-order valence-electron chi connectivity index (χ1n) is 16.4. The van der Waals surface area contributed by atoms with Crippen molar-refractivity contribution in [3.8, 4) is 11.5 Å². The molecule has 52 heavy (non-hydrogen) atoms. The Kier molecular flexibility index (Phi) is 9.99. The number of fused-ring (bicyclic) bond motifs is 2. The van der Waals surface area contributed by atoms with Crippen LogP contribution in [0.15, 0.2) is 80.8 Å². The summed E-state index contributed by atoms with van der Waals surface area (Å²) >= 11 is 0. The molecule has 5 aromatic rings. The molecule has 0 saturated carbocycles. The second kappa shape index (κ2) is 14.3. The summed E-state index contributed by atoms with van der Waals surface area (Å²) in [5.74, 6) is -2.54. The highest BCUT2D eigenvalue weighted by molar-refractivity contribution is 7.92. The number of nitrogens with one attached hydrogen (secondary N) is 1. The first-order valence-corrected chi connectivity index (χ1v) is 17.9. The summed E-state index contributed by atoms with van der Waals surface area (Å²) in [4.78, 5) is 28.7. The number of rotatable bonds is 10. The minimum Gasteiger partial charge on any atom is -0.497 e. The monoisotopic (exact) mass is 736 g/mol. The molecule has 1 amide bonds. The Morgan fingerprint density at radius 3 is 2.52 bits per heavy atom. The van der Waals surface area contributed by atoms with E-state index in [4.69, 9.17) is 18.6 Å². The number of halogens is 2. The predicted octanol–water partition coefficient (Wildman–Crippen LogP) is 6.11. The fraction of sp³-hybridized carbons (Fsp3) is 0.324. The van der Waals surface area contributed by atoms with Crippen LogP contribution in [0.5, 0.6) is 11.5 Å². The van der Waals surface area contributed by atoms with Crippen LogP contribution in [0.3, 0.4) is 0 Å².